The summed E-state index contributed by atoms with van der Waals surface area (Å²) in [5, 5.41) is 0. The molecule has 0 saturated carbocycles. The van der Waals surface area contributed by atoms with Gasteiger partial charge >= 0.3 is 11.9 Å². The number of ether oxygens (including phenoxy) is 2. The molecule has 0 aliphatic heterocycles. The Labute approximate surface area is 141 Å². The lowest BCUT2D eigenvalue weighted by atomic mass is 9.97. The Morgan fingerprint density at radius 2 is 1.09 bits per heavy atom. The Hall–Kier alpha value is -1.32. The molecule has 0 unspecified atom stereocenters. The van der Waals surface area contributed by atoms with Crippen LogP contribution in [0.25, 0.3) is 0 Å². The van der Waals surface area contributed by atoms with Crippen LogP contribution in [-0.2, 0) is 19.1 Å². The minimum absolute atomic E-state index is 0.319. The lowest BCUT2D eigenvalue weighted by Gasteiger charge is -2.13. The smallest absolute Gasteiger partial charge is 0.334 e. The molecule has 134 valence electrons. The molecule has 0 radical (unpaired) electrons. The van der Waals surface area contributed by atoms with E-state index >= 15 is 0 Å². The van der Waals surface area contributed by atoms with Crippen LogP contribution in [0.3, 0.4) is 0 Å². The van der Waals surface area contributed by atoms with Crippen LogP contribution >= 0.6 is 0 Å². The summed E-state index contributed by atoms with van der Waals surface area (Å²) in [4.78, 5) is 24.4. The zero-order chi connectivity index (χ0) is 17.5. The van der Waals surface area contributed by atoms with Crippen LogP contribution in [0.1, 0.15) is 85.5 Å². The third kappa shape index (κ3) is 9.42. The topological polar surface area (TPSA) is 52.6 Å². The van der Waals surface area contributed by atoms with Gasteiger partial charge in [-0.1, -0.05) is 52.4 Å². The molecule has 0 atom stereocenters. The first-order valence-corrected chi connectivity index (χ1v) is 9.18. The summed E-state index contributed by atoms with van der Waals surface area (Å²) in [7, 11) is 0. The van der Waals surface area contributed by atoms with Gasteiger partial charge in [0.25, 0.3) is 0 Å². The molecule has 0 aliphatic carbocycles. The number of carbonyl (C=O) groups is 2. The Kier molecular flexibility index (Phi) is 13.5. The molecule has 0 fully saturated rings. The molecule has 0 aliphatic rings. The number of esters is 2. The highest BCUT2D eigenvalue weighted by Crippen LogP contribution is 2.21. The van der Waals surface area contributed by atoms with E-state index in [-0.39, 0.29) is 11.9 Å². The summed E-state index contributed by atoms with van der Waals surface area (Å²) >= 11 is 0. The first-order chi connectivity index (χ1) is 11.1. The van der Waals surface area contributed by atoms with E-state index in [1.165, 1.54) is 25.7 Å². The maximum atomic E-state index is 12.2. The first kappa shape index (κ1) is 21.7. The summed E-state index contributed by atoms with van der Waals surface area (Å²) in [6.07, 6.45) is 8.81. The Bertz CT molecular complexity index is 372. The highest BCUT2D eigenvalue weighted by molar-refractivity contribution is 6.00. The fourth-order valence-electron chi connectivity index (χ4n) is 2.52. The molecule has 0 spiro atoms. The van der Waals surface area contributed by atoms with Gasteiger partial charge in [-0.3, -0.25) is 0 Å². The summed E-state index contributed by atoms with van der Waals surface area (Å²) < 4.78 is 10.3. The van der Waals surface area contributed by atoms with E-state index in [4.69, 9.17) is 9.47 Å². The number of hydrogen-bond acceptors (Lipinski definition) is 4. The molecule has 4 nitrogen and oxygen atoms in total. The average Bonchev–Trinajstić information content (AvgIpc) is 2.53. The van der Waals surface area contributed by atoms with Crippen molar-refractivity contribution in [3.63, 3.8) is 0 Å². The fourth-order valence-corrected chi connectivity index (χ4v) is 2.52. The van der Waals surface area contributed by atoms with E-state index in [1.807, 2.05) is 6.92 Å². The molecule has 0 aromatic rings. The van der Waals surface area contributed by atoms with Gasteiger partial charge < -0.3 is 9.47 Å². The maximum Gasteiger partial charge on any atom is 0.334 e. The van der Waals surface area contributed by atoms with Gasteiger partial charge in [0.1, 0.15) is 0 Å². The summed E-state index contributed by atoms with van der Waals surface area (Å²) in [5.41, 5.74) is 1.02. The third-order valence-corrected chi connectivity index (χ3v) is 3.69. The lowest BCUT2D eigenvalue weighted by molar-refractivity contribution is -0.142. The van der Waals surface area contributed by atoms with Gasteiger partial charge in [0, 0.05) is 11.1 Å². The Morgan fingerprint density at radius 1 is 0.609 bits per heavy atom. The van der Waals surface area contributed by atoms with Gasteiger partial charge in [-0.15, -0.1) is 0 Å². The molecule has 0 rings (SSSR count). The molecule has 0 bridgehead atoms. The van der Waals surface area contributed by atoms with Gasteiger partial charge in [0.15, 0.2) is 0 Å². The molecule has 0 N–H and O–H groups in total. The van der Waals surface area contributed by atoms with Crippen LogP contribution in [0.15, 0.2) is 11.1 Å². The second kappa shape index (κ2) is 14.3. The van der Waals surface area contributed by atoms with Crippen LogP contribution in [-0.4, -0.2) is 25.2 Å². The molecule has 0 amide bonds. The van der Waals surface area contributed by atoms with Crippen LogP contribution < -0.4 is 0 Å². The van der Waals surface area contributed by atoms with E-state index in [0.717, 1.165) is 19.3 Å². The molecule has 0 saturated heterocycles. The normalized spacial score (nSPS) is 11.8. The van der Waals surface area contributed by atoms with Crippen molar-refractivity contribution < 1.29 is 19.1 Å². The van der Waals surface area contributed by atoms with Crippen molar-refractivity contribution in [3.05, 3.63) is 11.1 Å². The minimum Gasteiger partial charge on any atom is -0.463 e. The summed E-state index contributed by atoms with van der Waals surface area (Å²) in [5.74, 6) is -0.735. The summed E-state index contributed by atoms with van der Waals surface area (Å²) in [6, 6.07) is 0. The van der Waals surface area contributed by atoms with E-state index in [1.54, 1.807) is 13.8 Å². The first-order valence-electron chi connectivity index (χ1n) is 9.18. The monoisotopic (exact) mass is 326 g/mol. The molecule has 4 heteroatoms. The van der Waals surface area contributed by atoms with Crippen molar-refractivity contribution >= 4 is 11.9 Å². The van der Waals surface area contributed by atoms with Gasteiger partial charge in [-0.25, -0.2) is 9.59 Å². The molecule has 0 aromatic carbocycles. The van der Waals surface area contributed by atoms with Crippen molar-refractivity contribution in [2.45, 2.75) is 85.5 Å². The lowest BCUT2D eigenvalue weighted by Crippen LogP contribution is -2.17. The SMILES string of the molecule is CCCCCCCCC(C(=O)OCC)=C(CCC)C(=O)OCC. The number of hydrogen-bond donors (Lipinski definition) is 0. The van der Waals surface area contributed by atoms with E-state index < -0.39 is 0 Å². The third-order valence-electron chi connectivity index (χ3n) is 3.69. The van der Waals surface area contributed by atoms with Gasteiger partial charge in [-0.05, 0) is 33.1 Å². The van der Waals surface area contributed by atoms with Crippen LogP contribution in [0.5, 0.6) is 0 Å². The van der Waals surface area contributed by atoms with Crippen molar-refractivity contribution in [3.8, 4) is 0 Å². The molecule has 23 heavy (non-hydrogen) atoms. The van der Waals surface area contributed by atoms with E-state index in [9.17, 15) is 9.59 Å². The van der Waals surface area contributed by atoms with Crippen molar-refractivity contribution in [1.29, 1.82) is 0 Å². The predicted octanol–water partition coefficient (Wildman–Crippen LogP) is 4.96. The average molecular weight is 326 g/mol. The van der Waals surface area contributed by atoms with Crippen LogP contribution in [0.2, 0.25) is 0 Å². The number of rotatable bonds is 13. The molecule has 0 aromatic heterocycles. The zero-order valence-corrected chi connectivity index (χ0v) is 15.4. The van der Waals surface area contributed by atoms with Crippen molar-refractivity contribution in [2.75, 3.05) is 13.2 Å². The van der Waals surface area contributed by atoms with Crippen molar-refractivity contribution in [1.82, 2.24) is 0 Å². The molecular formula is C19H34O4. The van der Waals surface area contributed by atoms with Gasteiger partial charge in [0.2, 0.25) is 0 Å². The maximum absolute atomic E-state index is 12.2. The second-order valence-corrected chi connectivity index (χ2v) is 5.67. The number of carbonyl (C=O) groups excluding carboxylic acids is 2. The standard InChI is InChI=1S/C19H34O4/c1-5-9-10-11-12-13-15-17(19(21)23-8-4)16(14-6-2)18(20)22-7-3/h5-15H2,1-4H3. The Balaban J connectivity index is 4.94. The van der Waals surface area contributed by atoms with Gasteiger partial charge in [0.05, 0.1) is 13.2 Å². The number of unbranched alkanes of at least 4 members (excludes halogenated alkanes) is 5. The zero-order valence-electron chi connectivity index (χ0n) is 15.4. The molecule has 0 heterocycles. The molecular weight excluding hydrogens is 292 g/mol. The fraction of sp³-hybridized carbons (Fsp3) is 0.789. The van der Waals surface area contributed by atoms with Gasteiger partial charge in [-0.2, -0.15) is 0 Å². The van der Waals surface area contributed by atoms with Crippen molar-refractivity contribution in [2.24, 2.45) is 0 Å². The second-order valence-electron chi connectivity index (χ2n) is 5.67. The van der Waals surface area contributed by atoms with E-state index in [2.05, 4.69) is 6.92 Å². The quantitative estimate of drug-likeness (QED) is 0.273. The van der Waals surface area contributed by atoms with Crippen LogP contribution in [0, 0.1) is 0 Å². The predicted molar refractivity (Wildman–Crippen MR) is 93.2 cm³/mol. The van der Waals surface area contributed by atoms with Crippen LogP contribution in [0.4, 0.5) is 0 Å². The summed E-state index contributed by atoms with van der Waals surface area (Å²) in [6.45, 7) is 8.38. The highest BCUT2D eigenvalue weighted by atomic mass is 16.5. The Morgan fingerprint density at radius 3 is 1.57 bits per heavy atom. The van der Waals surface area contributed by atoms with E-state index in [0.29, 0.717) is 37.2 Å². The highest BCUT2D eigenvalue weighted by Gasteiger charge is 2.22. The largest absolute Gasteiger partial charge is 0.463 e. The minimum atomic E-state index is -0.372.